The van der Waals surface area contributed by atoms with Gasteiger partial charge in [0.05, 0.1) is 5.56 Å². The molecule has 0 spiro atoms. The Balaban J connectivity index is 1.57. The number of rotatable bonds is 6. The van der Waals surface area contributed by atoms with E-state index in [0.29, 0.717) is 11.3 Å². The fourth-order valence-corrected chi connectivity index (χ4v) is 3.84. The molecule has 1 aromatic carbocycles. The van der Waals surface area contributed by atoms with Crippen LogP contribution in [0.3, 0.4) is 0 Å². The van der Waals surface area contributed by atoms with Crippen molar-refractivity contribution in [3.8, 4) is 16.9 Å². The molecule has 0 atom stereocenters. The molecule has 3 heterocycles. The molecule has 1 fully saturated rings. The van der Waals surface area contributed by atoms with Crippen LogP contribution in [0.15, 0.2) is 55.2 Å². The number of anilines is 2. The predicted molar refractivity (Wildman–Crippen MR) is 129 cm³/mol. The molecule has 0 aliphatic carbocycles. The summed E-state index contributed by atoms with van der Waals surface area (Å²) in [4.78, 5) is 27.8. The van der Waals surface area contributed by atoms with Crippen molar-refractivity contribution in [3.63, 3.8) is 0 Å². The number of alkyl halides is 3. The van der Waals surface area contributed by atoms with Crippen molar-refractivity contribution in [2.24, 2.45) is 0 Å². The van der Waals surface area contributed by atoms with E-state index in [0.717, 1.165) is 43.1 Å². The molecule has 33 heavy (non-hydrogen) atoms. The number of nitrogens with one attached hydrogen (secondary N) is 1. The van der Waals surface area contributed by atoms with Gasteiger partial charge in [0.2, 0.25) is 0 Å². The molecule has 0 unspecified atom stereocenters. The number of carbonyl (C=O) groups is 1. The van der Waals surface area contributed by atoms with E-state index in [1.54, 1.807) is 18.5 Å². The molecule has 1 aliphatic rings. The first-order valence-corrected chi connectivity index (χ1v) is 11.2. The van der Waals surface area contributed by atoms with Gasteiger partial charge < -0.3 is 15.0 Å². The number of hydrogen-bond acceptors (Lipinski definition) is 7. The Morgan fingerprint density at radius 1 is 1.09 bits per heavy atom. The fourth-order valence-electron chi connectivity index (χ4n) is 3.32. The lowest BCUT2D eigenvalue weighted by atomic mass is 10.1. The highest BCUT2D eigenvalue weighted by molar-refractivity contribution is 14.1. The van der Waals surface area contributed by atoms with Gasteiger partial charge in [-0.2, -0.15) is 0 Å². The number of piperazine rings is 1. The van der Waals surface area contributed by atoms with Crippen LogP contribution < -0.4 is 15.0 Å². The Labute approximate surface area is 207 Å². The average molecular weight is 587 g/mol. The molecule has 1 aliphatic heterocycles. The van der Waals surface area contributed by atoms with Crippen molar-refractivity contribution < 1.29 is 18.3 Å². The summed E-state index contributed by atoms with van der Waals surface area (Å²) in [6, 6.07) is 7.19. The maximum Gasteiger partial charge on any atom is 0.487 e. The summed E-state index contributed by atoms with van der Waals surface area (Å²) >= 11 is 7.07. The standard InChI is InChI=1S/C21H18ClF2IN6O2/c22-21(23,24)33-17-3-1-16(2-4-17)29-20(32)14-9-18(15-10-26-13-27-11-15)19(28-12-14)30-5-7-31(25)8-6-30/h1-4,9-13H,5-8H2,(H,29,32). The largest absolute Gasteiger partial charge is 0.487 e. The van der Waals surface area contributed by atoms with Gasteiger partial charge in [-0.15, -0.1) is 8.78 Å². The second kappa shape index (κ2) is 10.1. The summed E-state index contributed by atoms with van der Waals surface area (Å²) in [5.74, 6) is 0.229. The molecular formula is C21H18ClF2IN6O2. The number of pyridine rings is 1. The summed E-state index contributed by atoms with van der Waals surface area (Å²) in [5, 5.41) is 2.72. The Morgan fingerprint density at radius 3 is 2.39 bits per heavy atom. The van der Waals surface area contributed by atoms with E-state index in [-0.39, 0.29) is 5.75 Å². The van der Waals surface area contributed by atoms with Crippen LogP contribution in [0, 0.1) is 0 Å². The normalized spacial score (nSPS) is 14.7. The Morgan fingerprint density at radius 2 is 1.76 bits per heavy atom. The summed E-state index contributed by atoms with van der Waals surface area (Å²) in [6.07, 6.45) is 6.31. The van der Waals surface area contributed by atoms with Crippen LogP contribution in [0.5, 0.6) is 5.75 Å². The second-order valence-corrected chi connectivity index (χ2v) is 8.95. The molecule has 0 saturated carbocycles. The van der Waals surface area contributed by atoms with E-state index in [1.807, 2.05) is 0 Å². The molecule has 0 bridgehead atoms. The van der Waals surface area contributed by atoms with Gasteiger partial charge in [-0.05, 0) is 30.3 Å². The molecule has 8 nitrogen and oxygen atoms in total. The van der Waals surface area contributed by atoms with Crippen LogP contribution in [0.25, 0.3) is 11.1 Å². The minimum absolute atomic E-state index is 0.128. The zero-order valence-corrected chi connectivity index (χ0v) is 20.0. The number of hydrogen-bond donors (Lipinski definition) is 1. The first kappa shape index (κ1) is 23.5. The highest BCUT2D eigenvalue weighted by atomic mass is 127. The lowest BCUT2D eigenvalue weighted by Crippen LogP contribution is -2.42. The van der Waals surface area contributed by atoms with Gasteiger partial charge in [-0.1, -0.05) is 0 Å². The quantitative estimate of drug-likeness (QED) is 0.260. The number of benzene rings is 1. The van der Waals surface area contributed by atoms with Gasteiger partial charge >= 0.3 is 5.57 Å². The third kappa shape index (κ3) is 6.24. The molecule has 0 radical (unpaired) electrons. The first-order chi connectivity index (χ1) is 15.8. The van der Waals surface area contributed by atoms with Crippen LogP contribution in [0.1, 0.15) is 10.4 Å². The van der Waals surface area contributed by atoms with Gasteiger partial charge in [-0.3, -0.25) is 4.79 Å². The number of aromatic nitrogens is 3. The zero-order chi connectivity index (χ0) is 23.4. The molecule has 2 aromatic heterocycles. The van der Waals surface area contributed by atoms with Gasteiger partial charge in [0.15, 0.2) is 0 Å². The van der Waals surface area contributed by atoms with Crippen molar-refractivity contribution in [1.29, 1.82) is 0 Å². The number of carbonyl (C=O) groups excluding carboxylic acids is 1. The number of ether oxygens (including phenoxy) is 1. The number of halogens is 4. The van der Waals surface area contributed by atoms with E-state index >= 15 is 0 Å². The van der Waals surface area contributed by atoms with E-state index < -0.39 is 11.5 Å². The van der Waals surface area contributed by atoms with Gasteiger partial charge in [0.1, 0.15) is 17.9 Å². The summed E-state index contributed by atoms with van der Waals surface area (Å²) in [7, 11) is 0. The highest BCUT2D eigenvalue weighted by Crippen LogP contribution is 2.31. The monoisotopic (exact) mass is 586 g/mol. The minimum Gasteiger partial charge on any atom is -0.420 e. The summed E-state index contributed by atoms with van der Waals surface area (Å²) in [5.41, 5.74) is -1.58. The molecule has 4 rings (SSSR count). The van der Waals surface area contributed by atoms with E-state index in [1.165, 1.54) is 36.8 Å². The highest BCUT2D eigenvalue weighted by Gasteiger charge is 2.27. The predicted octanol–water partition coefficient (Wildman–Crippen LogP) is 4.43. The molecule has 1 amide bonds. The summed E-state index contributed by atoms with van der Waals surface area (Å²) < 4.78 is 32.0. The Hall–Kier alpha value is -2.64. The first-order valence-electron chi connectivity index (χ1n) is 9.87. The lowest BCUT2D eigenvalue weighted by molar-refractivity contribution is -0.0964. The molecule has 1 N–H and O–H groups in total. The van der Waals surface area contributed by atoms with Crippen LogP contribution in [-0.2, 0) is 0 Å². The van der Waals surface area contributed by atoms with Crippen LogP contribution in [-0.4, -0.2) is 55.7 Å². The van der Waals surface area contributed by atoms with Crippen LogP contribution >= 0.6 is 34.5 Å². The third-order valence-corrected chi connectivity index (χ3v) is 5.91. The van der Waals surface area contributed by atoms with Gasteiger partial charge in [-0.25, -0.2) is 18.1 Å². The van der Waals surface area contributed by atoms with Crippen molar-refractivity contribution in [2.45, 2.75) is 5.57 Å². The van der Waals surface area contributed by atoms with Crippen molar-refractivity contribution in [3.05, 3.63) is 60.8 Å². The van der Waals surface area contributed by atoms with Gasteiger partial charge in [0.25, 0.3) is 5.91 Å². The summed E-state index contributed by atoms with van der Waals surface area (Å²) in [6.45, 7) is 3.39. The van der Waals surface area contributed by atoms with E-state index in [4.69, 9.17) is 11.6 Å². The SMILES string of the molecule is O=C(Nc1ccc(OC(F)(F)Cl)cc1)c1cnc(N2CCN(I)CC2)c(-c2cncnc2)c1. The lowest BCUT2D eigenvalue weighted by Gasteiger charge is -2.33. The smallest absolute Gasteiger partial charge is 0.420 e. The number of nitrogens with zero attached hydrogens (tertiary/aromatic N) is 5. The average Bonchev–Trinajstić information content (AvgIpc) is 2.80. The molecule has 3 aromatic rings. The molecular weight excluding hydrogens is 569 g/mol. The van der Waals surface area contributed by atoms with Crippen LogP contribution in [0.2, 0.25) is 0 Å². The Kier molecular flexibility index (Phi) is 7.20. The number of amides is 1. The Bertz CT molecular complexity index is 1110. The van der Waals surface area contributed by atoms with Gasteiger partial charge in [0, 0.05) is 96.0 Å². The topological polar surface area (TPSA) is 83.5 Å². The zero-order valence-electron chi connectivity index (χ0n) is 17.1. The van der Waals surface area contributed by atoms with E-state index in [9.17, 15) is 13.6 Å². The van der Waals surface area contributed by atoms with Crippen molar-refractivity contribution in [2.75, 3.05) is 36.4 Å². The molecule has 1 saturated heterocycles. The molecule has 12 heteroatoms. The third-order valence-electron chi connectivity index (χ3n) is 4.87. The van der Waals surface area contributed by atoms with Crippen LogP contribution in [0.4, 0.5) is 20.3 Å². The maximum absolute atomic E-state index is 12.9. The van der Waals surface area contributed by atoms with Crippen molar-refractivity contribution >= 4 is 51.9 Å². The second-order valence-electron chi connectivity index (χ2n) is 7.15. The van der Waals surface area contributed by atoms with E-state index in [2.05, 4.69) is 55.9 Å². The molecule has 172 valence electrons. The minimum atomic E-state index is -3.81. The fraction of sp³-hybridized carbons (Fsp3) is 0.238. The maximum atomic E-state index is 12.9. The van der Waals surface area contributed by atoms with Crippen molar-refractivity contribution in [1.82, 2.24) is 18.1 Å².